The molecule has 0 aliphatic carbocycles. The van der Waals surface area contributed by atoms with E-state index in [1.165, 1.54) is 83.8 Å². The third kappa shape index (κ3) is 2.07. The van der Waals surface area contributed by atoms with Gasteiger partial charge in [0.25, 0.3) is 8.56 Å². The van der Waals surface area contributed by atoms with Crippen molar-refractivity contribution in [3.05, 3.63) is 0 Å². The first-order valence-electron chi connectivity index (χ1n) is 8.13. The van der Waals surface area contributed by atoms with Crippen LogP contribution < -0.4 is 0 Å². The molecule has 3 aliphatic heterocycles. The Kier molecular flexibility index (Phi) is 4.08. The zero-order valence-corrected chi connectivity index (χ0v) is 13.0. The molecular weight excluding hydrogens is 238 g/mol. The van der Waals surface area contributed by atoms with E-state index in [2.05, 4.69) is 20.6 Å². The molecule has 0 atom stereocenters. The van der Waals surface area contributed by atoms with Crippen LogP contribution in [0.1, 0.15) is 45.4 Å². The van der Waals surface area contributed by atoms with Gasteiger partial charge in [-0.25, -0.2) is 0 Å². The van der Waals surface area contributed by atoms with E-state index in [0.29, 0.717) is 0 Å². The molecule has 0 saturated carbocycles. The molecule has 18 heavy (non-hydrogen) atoms. The van der Waals surface area contributed by atoms with E-state index >= 15 is 0 Å². The number of rotatable bonds is 4. The van der Waals surface area contributed by atoms with Gasteiger partial charge in [-0.05, 0) is 83.8 Å². The van der Waals surface area contributed by atoms with Crippen LogP contribution in [0.5, 0.6) is 0 Å². The third-order valence-corrected chi connectivity index (χ3v) is 10.6. The van der Waals surface area contributed by atoms with E-state index in [1.54, 1.807) is 0 Å². The molecule has 4 heteroatoms. The van der Waals surface area contributed by atoms with Crippen molar-refractivity contribution >= 4 is 8.56 Å². The van der Waals surface area contributed by atoms with Crippen molar-refractivity contribution < 1.29 is 0 Å². The lowest BCUT2D eigenvalue weighted by Gasteiger charge is -2.50. The molecule has 0 aromatic carbocycles. The van der Waals surface area contributed by atoms with Crippen LogP contribution in [0, 0.1) is 0 Å². The van der Waals surface area contributed by atoms with Gasteiger partial charge < -0.3 is 0 Å². The van der Waals surface area contributed by atoms with Gasteiger partial charge in [-0.15, -0.1) is 0 Å². The fourth-order valence-electron chi connectivity index (χ4n) is 4.50. The van der Waals surface area contributed by atoms with Crippen molar-refractivity contribution in [2.75, 3.05) is 39.3 Å². The average molecular weight is 267 g/mol. The Morgan fingerprint density at radius 1 is 0.611 bits per heavy atom. The summed E-state index contributed by atoms with van der Waals surface area (Å²) in [5.41, 5.74) is 0. The zero-order chi connectivity index (χ0) is 12.4. The maximum Gasteiger partial charge on any atom is 0.289 e. The van der Waals surface area contributed by atoms with Crippen LogP contribution in [-0.4, -0.2) is 61.5 Å². The second-order valence-electron chi connectivity index (χ2n) is 6.21. The summed E-state index contributed by atoms with van der Waals surface area (Å²) < 4.78 is 8.84. The summed E-state index contributed by atoms with van der Waals surface area (Å²) in [4.78, 5) is 0. The fraction of sp³-hybridized carbons (Fsp3) is 1.00. The van der Waals surface area contributed by atoms with Gasteiger partial charge in [-0.3, -0.25) is 13.7 Å². The smallest absolute Gasteiger partial charge is 0.289 e. The van der Waals surface area contributed by atoms with E-state index in [1.807, 2.05) is 0 Å². The molecule has 0 radical (unpaired) electrons. The fourth-order valence-corrected chi connectivity index (χ4v) is 10.1. The Labute approximate surface area is 113 Å². The Bertz CT molecular complexity index is 225. The normalized spacial score (nSPS) is 28.5. The highest BCUT2D eigenvalue weighted by atomic mass is 28.4. The summed E-state index contributed by atoms with van der Waals surface area (Å²) in [6.45, 7) is 10.8. The molecule has 0 amide bonds. The first kappa shape index (κ1) is 13.1. The van der Waals surface area contributed by atoms with E-state index in [4.69, 9.17) is 0 Å². The van der Waals surface area contributed by atoms with Crippen LogP contribution in [0.25, 0.3) is 0 Å². The molecule has 0 aromatic heterocycles. The van der Waals surface area contributed by atoms with Crippen LogP contribution in [0.2, 0.25) is 6.04 Å². The van der Waals surface area contributed by atoms with Crippen molar-refractivity contribution in [1.29, 1.82) is 0 Å². The largest absolute Gasteiger partial charge is 0.299 e. The van der Waals surface area contributed by atoms with Crippen molar-refractivity contribution in [3.63, 3.8) is 0 Å². The van der Waals surface area contributed by atoms with Crippen LogP contribution in [0.15, 0.2) is 0 Å². The van der Waals surface area contributed by atoms with Crippen LogP contribution in [0.4, 0.5) is 0 Å². The Balaban J connectivity index is 1.87. The molecule has 3 nitrogen and oxygen atoms in total. The van der Waals surface area contributed by atoms with Gasteiger partial charge in [0, 0.05) is 0 Å². The number of hydrogen-bond acceptors (Lipinski definition) is 3. The molecule has 3 rings (SSSR count). The molecule has 0 unspecified atom stereocenters. The second kappa shape index (κ2) is 5.61. The lowest BCUT2D eigenvalue weighted by Crippen LogP contribution is -2.73. The predicted octanol–water partition coefficient (Wildman–Crippen LogP) is 2.23. The SMILES string of the molecule is CC[Si](N1CCCC1)(N1CCCC1)N1CCCC1. The van der Waals surface area contributed by atoms with Crippen molar-refractivity contribution in [2.45, 2.75) is 51.5 Å². The maximum absolute atomic E-state index is 2.95. The number of nitrogens with zero attached hydrogens (tertiary/aromatic N) is 3. The molecule has 104 valence electrons. The van der Waals surface area contributed by atoms with Gasteiger partial charge in [-0.2, -0.15) is 0 Å². The molecule has 3 saturated heterocycles. The quantitative estimate of drug-likeness (QED) is 0.723. The molecule has 3 heterocycles. The molecule has 0 bridgehead atoms. The van der Waals surface area contributed by atoms with Crippen molar-refractivity contribution in [3.8, 4) is 0 Å². The van der Waals surface area contributed by atoms with Crippen molar-refractivity contribution in [1.82, 2.24) is 13.7 Å². The second-order valence-corrected chi connectivity index (χ2v) is 10.4. The summed E-state index contributed by atoms with van der Waals surface area (Å²) >= 11 is 0. The highest BCUT2D eigenvalue weighted by Gasteiger charge is 2.51. The van der Waals surface area contributed by atoms with Crippen LogP contribution >= 0.6 is 0 Å². The van der Waals surface area contributed by atoms with E-state index < -0.39 is 8.56 Å². The zero-order valence-electron chi connectivity index (χ0n) is 12.0. The topological polar surface area (TPSA) is 9.72 Å². The average Bonchev–Trinajstić information content (AvgIpc) is 3.16. The van der Waals surface area contributed by atoms with E-state index in [0.717, 1.165) is 0 Å². The van der Waals surface area contributed by atoms with E-state index in [-0.39, 0.29) is 0 Å². The van der Waals surface area contributed by atoms with Gasteiger partial charge >= 0.3 is 0 Å². The minimum atomic E-state index is -1.47. The highest BCUT2D eigenvalue weighted by Crippen LogP contribution is 2.33. The highest BCUT2D eigenvalue weighted by molar-refractivity contribution is 6.71. The first-order chi connectivity index (χ1) is 8.88. The van der Waals surface area contributed by atoms with Crippen molar-refractivity contribution in [2.24, 2.45) is 0 Å². The van der Waals surface area contributed by atoms with Gasteiger partial charge in [0.05, 0.1) is 0 Å². The predicted molar refractivity (Wildman–Crippen MR) is 78.7 cm³/mol. The number of hydrogen-bond donors (Lipinski definition) is 0. The van der Waals surface area contributed by atoms with Gasteiger partial charge in [0.15, 0.2) is 0 Å². The van der Waals surface area contributed by atoms with Gasteiger partial charge in [-0.1, -0.05) is 6.92 Å². The third-order valence-electron chi connectivity index (χ3n) is 5.31. The van der Waals surface area contributed by atoms with Gasteiger partial charge in [0.2, 0.25) is 0 Å². The Hall–Kier alpha value is 0.0969. The summed E-state index contributed by atoms with van der Waals surface area (Å²) in [7, 11) is -1.47. The van der Waals surface area contributed by atoms with E-state index in [9.17, 15) is 0 Å². The lowest BCUT2D eigenvalue weighted by atomic mass is 10.4. The molecule has 0 N–H and O–H groups in total. The Morgan fingerprint density at radius 3 is 1.11 bits per heavy atom. The molecule has 3 aliphatic rings. The monoisotopic (exact) mass is 267 g/mol. The standard InChI is InChI=1S/C14H29N3Si/c1-2-18(15-9-3-4-10-15,16-11-5-6-12-16)17-13-7-8-14-17/h2-14H2,1H3. The maximum atomic E-state index is 2.95. The van der Waals surface area contributed by atoms with Crippen LogP contribution in [0.3, 0.4) is 0 Å². The van der Waals surface area contributed by atoms with Crippen LogP contribution in [-0.2, 0) is 0 Å². The molecule has 0 spiro atoms. The summed E-state index contributed by atoms with van der Waals surface area (Å²) in [6.07, 6.45) is 8.65. The summed E-state index contributed by atoms with van der Waals surface area (Å²) in [6, 6.07) is 1.41. The lowest BCUT2D eigenvalue weighted by molar-refractivity contribution is 0.300. The summed E-state index contributed by atoms with van der Waals surface area (Å²) in [5, 5.41) is 0. The molecule has 3 fully saturated rings. The first-order valence-corrected chi connectivity index (χ1v) is 10.2. The molecule has 0 aromatic rings. The minimum absolute atomic E-state index is 1.38. The molecular formula is C14H29N3Si. The van der Waals surface area contributed by atoms with Gasteiger partial charge in [0.1, 0.15) is 0 Å². The Morgan fingerprint density at radius 2 is 0.889 bits per heavy atom. The summed E-state index contributed by atoms with van der Waals surface area (Å²) in [5.74, 6) is 0. The minimum Gasteiger partial charge on any atom is -0.299 e.